The van der Waals surface area contributed by atoms with Crippen molar-refractivity contribution in [1.29, 1.82) is 0 Å². The molecule has 5 heteroatoms. The van der Waals surface area contributed by atoms with Gasteiger partial charge < -0.3 is 4.90 Å². The van der Waals surface area contributed by atoms with E-state index in [1.807, 2.05) is 13.0 Å². The first kappa shape index (κ1) is 12.1. The molecule has 1 fully saturated rings. The SMILES string of the molecule is CCC1CCN(c2cc(C)nc(NN)n2)CC1. The molecule has 2 rings (SSSR count). The molecule has 1 aromatic heterocycles. The van der Waals surface area contributed by atoms with Crippen molar-refractivity contribution < 1.29 is 0 Å². The summed E-state index contributed by atoms with van der Waals surface area (Å²) < 4.78 is 0. The molecule has 94 valence electrons. The van der Waals surface area contributed by atoms with Crippen LogP contribution < -0.4 is 16.2 Å². The Morgan fingerprint density at radius 3 is 2.71 bits per heavy atom. The zero-order valence-electron chi connectivity index (χ0n) is 10.6. The van der Waals surface area contributed by atoms with Crippen LogP contribution in [-0.2, 0) is 0 Å². The first-order valence-corrected chi connectivity index (χ1v) is 6.30. The molecule has 1 aliphatic rings. The Labute approximate surface area is 102 Å². The van der Waals surface area contributed by atoms with Crippen molar-refractivity contribution in [2.75, 3.05) is 23.4 Å². The maximum Gasteiger partial charge on any atom is 0.239 e. The molecule has 0 unspecified atom stereocenters. The van der Waals surface area contributed by atoms with Gasteiger partial charge in [0.1, 0.15) is 5.82 Å². The molecular weight excluding hydrogens is 214 g/mol. The molecule has 0 atom stereocenters. The van der Waals surface area contributed by atoms with E-state index in [0.717, 1.165) is 30.5 Å². The summed E-state index contributed by atoms with van der Waals surface area (Å²) in [4.78, 5) is 10.9. The Morgan fingerprint density at radius 1 is 1.41 bits per heavy atom. The number of nitrogens with two attached hydrogens (primary N) is 1. The molecule has 0 bridgehead atoms. The number of rotatable bonds is 3. The lowest BCUT2D eigenvalue weighted by atomic mass is 9.94. The van der Waals surface area contributed by atoms with E-state index in [4.69, 9.17) is 5.84 Å². The fourth-order valence-electron chi connectivity index (χ4n) is 2.35. The van der Waals surface area contributed by atoms with Crippen LogP contribution in [0.2, 0.25) is 0 Å². The van der Waals surface area contributed by atoms with Crippen LogP contribution in [-0.4, -0.2) is 23.1 Å². The minimum atomic E-state index is 0.498. The zero-order valence-corrected chi connectivity index (χ0v) is 10.6. The van der Waals surface area contributed by atoms with Gasteiger partial charge in [-0.3, -0.25) is 5.43 Å². The Morgan fingerprint density at radius 2 is 2.12 bits per heavy atom. The van der Waals surface area contributed by atoms with Gasteiger partial charge in [-0.1, -0.05) is 13.3 Å². The van der Waals surface area contributed by atoms with Crippen molar-refractivity contribution >= 4 is 11.8 Å². The monoisotopic (exact) mass is 235 g/mol. The topological polar surface area (TPSA) is 67.1 Å². The van der Waals surface area contributed by atoms with Gasteiger partial charge >= 0.3 is 0 Å². The second-order valence-corrected chi connectivity index (χ2v) is 4.67. The third kappa shape index (κ3) is 2.85. The predicted molar refractivity (Wildman–Crippen MR) is 69.8 cm³/mol. The third-order valence-electron chi connectivity index (χ3n) is 3.49. The van der Waals surface area contributed by atoms with E-state index in [0.29, 0.717) is 5.95 Å². The molecule has 1 aromatic rings. The fraction of sp³-hybridized carbons (Fsp3) is 0.667. The number of nitrogen functional groups attached to an aromatic ring is 1. The molecule has 0 aliphatic carbocycles. The molecule has 1 saturated heterocycles. The van der Waals surface area contributed by atoms with Gasteiger partial charge in [-0.25, -0.2) is 10.8 Å². The number of aryl methyl sites for hydroxylation is 1. The summed E-state index contributed by atoms with van der Waals surface area (Å²) in [6.45, 7) is 6.40. The molecule has 1 aliphatic heterocycles. The minimum absolute atomic E-state index is 0.498. The van der Waals surface area contributed by atoms with Gasteiger partial charge in [0.2, 0.25) is 5.95 Å². The average molecular weight is 235 g/mol. The Kier molecular flexibility index (Phi) is 3.78. The number of nitrogens with zero attached hydrogens (tertiary/aromatic N) is 3. The lowest BCUT2D eigenvalue weighted by Crippen LogP contribution is -2.34. The van der Waals surface area contributed by atoms with Crippen molar-refractivity contribution in [2.45, 2.75) is 33.1 Å². The van der Waals surface area contributed by atoms with E-state index < -0.39 is 0 Å². The first-order chi connectivity index (χ1) is 8.22. The van der Waals surface area contributed by atoms with Gasteiger partial charge in [0.05, 0.1) is 0 Å². The van der Waals surface area contributed by atoms with Gasteiger partial charge in [0.15, 0.2) is 0 Å². The number of hydrogen-bond donors (Lipinski definition) is 2. The zero-order chi connectivity index (χ0) is 12.3. The van der Waals surface area contributed by atoms with Crippen molar-refractivity contribution in [3.63, 3.8) is 0 Å². The normalized spacial score (nSPS) is 17.2. The van der Waals surface area contributed by atoms with Crippen molar-refractivity contribution in [2.24, 2.45) is 11.8 Å². The summed E-state index contributed by atoms with van der Waals surface area (Å²) in [6.07, 6.45) is 3.79. The number of hydrogen-bond acceptors (Lipinski definition) is 5. The summed E-state index contributed by atoms with van der Waals surface area (Å²) in [5, 5.41) is 0. The van der Waals surface area contributed by atoms with Crippen LogP contribution in [0.4, 0.5) is 11.8 Å². The second kappa shape index (κ2) is 5.31. The average Bonchev–Trinajstić information content (AvgIpc) is 2.38. The second-order valence-electron chi connectivity index (χ2n) is 4.67. The number of piperidine rings is 1. The maximum atomic E-state index is 5.37. The first-order valence-electron chi connectivity index (χ1n) is 6.30. The summed E-state index contributed by atoms with van der Waals surface area (Å²) in [5.74, 6) is 7.73. The van der Waals surface area contributed by atoms with Crippen LogP contribution >= 0.6 is 0 Å². The lowest BCUT2D eigenvalue weighted by molar-refractivity contribution is 0.393. The van der Waals surface area contributed by atoms with Gasteiger partial charge in [0.25, 0.3) is 0 Å². The van der Waals surface area contributed by atoms with E-state index >= 15 is 0 Å². The van der Waals surface area contributed by atoms with Crippen LogP contribution in [0.3, 0.4) is 0 Å². The van der Waals surface area contributed by atoms with Crippen LogP contribution in [0.15, 0.2) is 6.07 Å². The molecule has 0 aromatic carbocycles. The quantitative estimate of drug-likeness (QED) is 0.616. The van der Waals surface area contributed by atoms with Crippen molar-refractivity contribution in [3.05, 3.63) is 11.8 Å². The highest BCUT2D eigenvalue weighted by molar-refractivity contribution is 5.44. The number of anilines is 2. The van der Waals surface area contributed by atoms with Gasteiger partial charge in [-0.2, -0.15) is 4.98 Å². The third-order valence-corrected chi connectivity index (χ3v) is 3.49. The van der Waals surface area contributed by atoms with Gasteiger partial charge in [-0.15, -0.1) is 0 Å². The Balaban J connectivity index is 2.10. The summed E-state index contributed by atoms with van der Waals surface area (Å²) >= 11 is 0. The van der Waals surface area contributed by atoms with E-state index in [2.05, 4.69) is 27.2 Å². The summed E-state index contributed by atoms with van der Waals surface area (Å²) in [6, 6.07) is 2.02. The molecular formula is C12H21N5. The summed E-state index contributed by atoms with van der Waals surface area (Å²) in [5.41, 5.74) is 3.46. The molecule has 5 nitrogen and oxygen atoms in total. The molecule has 0 saturated carbocycles. The van der Waals surface area contributed by atoms with E-state index in [1.54, 1.807) is 0 Å². The van der Waals surface area contributed by atoms with E-state index in [1.165, 1.54) is 19.3 Å². The number of nitrogens with one attached hydrogen (secondary N) is 1. The molecule has 3 N–H and O–H groups in total. The molecule has 0 spiro atoms. The maximum absolute atomic E-state index is 5.37. The lowest BCUT2D eigenvalue weighted by Gasteiger charge is -2.32. The molecule has 17 heavy (non-hydrogen) atoms. The Bertz CT molecular complexity index is 371. The highest BCUT2D eigenvalue weighted by Crippen LogP contribution is 2.24. The number of hydrazine groups is 1. The summed E-state index contributed by atoms with van der Waals surface area (Å²) in [7, 11) is 0. The molecule has 0 amide bonds. The van der Waals surface area contributed by atoms with Crippen molar-refractivity contribution in [1.82, 2.24) is 9.97 Å². The van der Waals surface area contributed by atoms with E-state index in [9.17, 15) is 0 Å². The molecule has 2 heterocycles. The predicted octanol–water partition coefficient (Wildman–Crippen LogP) is 1.70. The minimum Gasteiger partial charge on any atom is -0.356 e. The van der Waals surface area contributed by atoms with Gasteiger partial charge in [0, 0.05) is 24.8 Å². The number of aromatic nitrogens is 2. The van der Waals surface area contributed by atoms with Crippen LogP contribution in [0, 0.1) is 12.8 Å². The fourth-order valence-corrected chi connectivity index (χ4v) is 2.35. The van der Waals surface area contributed by atoms with Crippen molar-refractivity contribution in [3.8, 4) is 0 Å². The van der Waals surface area contributed by atoms with Crippen LogP contribution in [0.5, 0.6) is 0 Å². The standard InChI is InChI=1S/C12H21N5/c1-3-10-4-6-17(7-5-10)11-8-9(2)14-12(15-11)16-13/h8,10H,3-7,13H2,1-2H3,(H,14,15,16). The highest BCUT2D eigenvalue weighted by Gasteiger charge is 2.19. The highest BCUT2D eigenvalue weighted by atomic mass is 15.3. The van der Waals surface area contributed by atoms with Gasteiger partial charge in [-0.05, 0) is 25.7 Å². The largest absolute Gasteiger partial charge is 0.356 e. The Hall–Kier alpha value is -1.36. The smallest absolute Gasteiger partial charge is 0.239 e. The molecule has 0 radical (unpaired) electrons. The van der Waals surface area contributed by atoms with Crippen LogP contribution in [0.1, 0.15) is 31.9 Å². The van der Waals surface area contributed by atoms with Crippen LogP contribution in [0.25, 0.3) is 0 Å². The van der Waals surface area contributed by atoms with E-state index in [-0.39, 0.29) is 0 Å².